The molecule has 0 spiro atoms. The number of pyridine rings is 1. The Bertz CT molecular complexity index is 427. The second-order valence-corrected chi connectivity index (χ2v) is 4.74. The fourth-order valence-electron chi connectivity index (χ4n) is 1.32. The van der Waals surface area contributed by atoms with E-state index in [0.717, 1.165) is 11.3 Å². The van der Waals surface area contributed by atoms with E-state index in [1.807, 2.05) is 24.0 Å². The van der Waals surface area contributed by atoms with Gasteiger partial charge in [0.05, 0.1) is 0 Å². The molecule has 1 nitrogen and oxygen atoms in total. The topological polar surface area (TPSA) is 12.9 Å². The average molecular weight is 250 g/mol. The normalized spacial score (nSPS) is 10.3. The van der Waals surface area contributed by atoms with E-state index >= 15 is 0 Å². The Morgan fingerprint density at radius 1 is 1.06 bits per heavy atom. The molecular weight excluding hydrogens is 238 g/mol. The van der Waals surface area contributed by atoms with Gasteiger partial charge >= 0.3 is 0 Å². The van der Waals surface area contributed by atoms with Gasteiger partial charge in [-0.05, 0) is 29.3 Å². The van der Waals surface area contributed by atoms with Crippen LogP contribution < -0.4 is 0 Å². The molecule has 0 atom stereocenters. The summed E-state index contributed by atoms with van der Waals surface area (Å²) in [5.41, 5.74) is 2.40. The highest BCUT2D eigenvalue weighted by atomic mass is 35.5. The lowest BCUT2D eigenvalue weighted by Gasteiger charge is -2.02. The number of aromatic nitrogens is 1. The molecule has 0 aliphatic rings. The van der Waals surface area contributed by atoms with Gasteiger partial charge in [0.25, 0.3) is 0 Å². The summed E-state index contributed by atoms with van der Waals surface area (Å²) in [5.74, 6) is 1.53. The van der Waals surface area contributed by atoms with Crippen molar-refractivity contribution >= 4 is 23.4 Å². The molecule has 1 aromatic carbocycles. The van der Waals surface area contributed by atoms with Crippen molar-refractivity contribution in [3.63, 3.8) is 0 Å². The number of benzene rings is 1. The lowest BCUT2D eigenvalue weighted by molar-refractivity contribution is 1.25. The lowest BCUT2D eigenvalue weighted by Crippen LogP contribution is -1.82. The Morgan fingerprint density at radius 2 is 1.88 bits per heavy atom. The van der Waals surface area contributed by atoms with Crippen molar-refractivity contribution in [3.05, 3.63) is 59.9 Å². The van der Waals surface area contributed by atoms with E-state index in [2.05, 4.69) is 35.3 Å². The van der Waals surface area contributed by atoms with Crippen LogP contribution in [0.4, 0.5) is 0 Å². The van der Waals surface area contributed by atoms with Gasteiger partial charge in [0.1, 0.15) is 0 Å². The third-order valence-electron chi connectivity index (χ3n) is 2.21. The number of hydrogen-bond acceptors (Lipinski definition) is 2. The molecule has 1 heterocycles. The minimum absolute atomic E-state index is 0.577. The molecule has 0 radical (unpaired) electrons. The van der Waals surface area contributed by atoms with Crippen LogP contribution in [-0.2, 0) is 11.6 Å². The minimum Gasteiger partial charge on any atom is -0.264 e. The maximum Gasteiger partial charge on any atom is 0.0474 e. The zero-order valence-electron chi connectivity index (χ0n) is 8.77. The van der Waals surface area contributed by atoms with Crippen LogP contribution in [0.5, 0.6) is 0 Å². The van der Waals surface area contributed by atoms with Gasteiger partial charge in [-0.15, -0.1) is 23.4 Å². The van der Waals surface area contributed by atoms with E-state index in [9.17, 15) is 0 Å². The van der Waals surface area contributed by atoms with Gasteiger partial charge in [-0.25, -0.2) is 0 Å². The number of hydrogen-bond donors (Lipinski definition) is 0. The quantitative estimate of drug-likeness (QED) is 0.597. The number of nitrogens with zero attached hydrogens (tertiary/aromatic N) is 1. The van der Waals surface area contributed by atoms with E-state index in [0.29, 0.717) is 5.88 Å². The predicted octanol–water partition coefficient (Wildman–Crippen LogP) is 4.11. The molecule has 0 aliphatic heterocycles. The first-order chi connectivity index (χ1) is 7.88. The van der Waals surface area contributed by atoms with Gasteiger partial charge < -0.3 is 0 Å². The fourth-order valence-corrected chi connectivity index (χ4v) is 2.34. The molecule has 1 aromatic heterocycles. The van der Waals surface area contributed by atoms with E-state index in [1.54, 1.807) is 6.20 Å². The van der Waals surface area contributed by atoms with Crippen LogP contribution in [0.3, 0.4) is 0 Å². The second kappa shape index (κ2) is 5.92. The van der Waals surface area contributed by atoms with Crippen molar-refractivity contribution in [2.75, 3.05) is 0 Å². The molecular formula is C13H12ClNS. The molecule has 3 heteroatoms. The monoisotopic (exact) mass is 249 g/mol. The summed E-state index contributed by atoms with van der Waals surface area (Å²) >= 11 is 7.55. The van der Waals surface area contributed by atoms with Gasteiger partial charge in [-0.3, -0.25) is 4.98 Å². The first-order valence-electron chi connectivity index (χ1n) is 5.05. The summed E-state index contributed by atoms with van der Waals surface area (Å²) in [6, 6.07) is 12.4. The van der Waals surface area contributed by atoms with Gasteiger partial charge in [0, 0.05) is 28.9 Å². The highest BCUT2D eigenvalue weighted by molar-refractivity contribution is 7.98. The summed E-state index contributed by atoms with van der Waals surface area (Å²) in [6.45, 7) is 0. The molecule has 0 fully saturated rings. The zero-order chi connectivity index (χ0) is 11.2. The molecule has 0 amide bonds. The first-order valence-corrected chi connectivity index (χ1v) is 6.57. The molecule has 2 aromatic rings. The Hall–Kier alpha value is -0.990. The number of thioether (sulfide) groups is 1. The van der Waals surface area contributed by atoms with Crippen molar-refractivity contribution in [2.45, 2.75) is 16.5 Å². The van der Waals surface area contributed by atoms with Crippen LogP contribution in [0.15, 0.2) is 53.7 Å². The smallest absolute Gasteiger partial charge is 0.0474 e. The van der Waals surface area contributed by atoms with Crippen LogP contribution in [0.2, 0.25) is 0 Å². The molecule has 82 valence electrons. The minimum atomic E-state index is 0.577. The Balaban J connectivity index is 1.94. The zero-order valence-corrected chi connectivity index (χ0v) is 10.3. The SMILES string of the molecule is ClCc1ccc(SCc2cccnc2)cc1. The highest BCUT2D eigenvalue weighted by Crippen LogP contribution is 2.22. The number of halogens is 1. The van der Waals surface area contributed by atoms with Crippen molar-refractivity contribution in [3.8, 4) is 0 Å². The van der Waals surface area contributed by atoms with Crippen LogP contribution in [-0.4, -0.2) is 4.98 Å². The van der Waals surface area contributed by atoms with Gasteiger partial charge in [0.15, 0.2) is 0 Å². The van der Waals surface area contributed by atoms with Crippen LogP contribution in [0.1, 0.15) is 11.1 Å². The maximum atomic E-state index is 5.74. The molecule has 0 saturated carbocycles. The third kappa shape index (κ3) is 3.26. The molecule has 0 saturated heterocycles. The third-order valence-corrected chi connectivity index (χ3v) is 3.60. The average Bonchev–Trinajstić information content (AvgIpc) is 2.38. The van der Waals surface area contributed by atoms with Gasteiger partial charge in [0.2, 0.25) is 0 Å². The second-order valence-electron chi connectivity index (χ2n) is 3.43. The highest BCUT2D eigenvalue weighted by Gasteiger charge is 1.96. The van der Waals surface area contributed by atoms with Crippen molar-refractivity contribution in [1.29, 1.82) is 0 Å². The molecule has 0 aliphatic carbocycles. The van der Waals surface area contributed by atoms with Crippen LogP contribution in [0, 0.1) is 0 Å². The summed E-state index contributed by atoms with van der Waals surface area (Å²) < 4.78 is 0. The van der Waals surface area contributed by atoms with Crippen molar-refractivity contribution < 1.29 is 0 Å². The van der Waals surface area contributed by atoms with E-state index in [4.69, 9.17) is 11.6 Å². The standard InChI is InChI=1S/C13H12ClNS/c14-8-11-3-5-13(6-4-11)16-10-12-2-1-7-15-9-12/h1-7,9H,8,10H2. The number of rotatable bonds is 4. The molecule has 16 heavy (non-hydrogen) atoms. The molecule has 0 bridgehead atoms. The fraction of sp³-hybridized carbons (Fsp3) is 0.154. The molecule has 0 unspecified atom stereocenters. The predicted molar refractivity (Wildman–Crippen MR) is 69.8 cm³/mol. The lowest BCUT2D eigenvalue weighted by atomic mass is 10.2. The van der Waals surface area contributed by atoms with Crippen LogP contribution in [0.25, 0.3) is 0 Å². The Labute approximate surface area is 105 Å². The summed E-state index contributed by atoms with van der Waals surface area (Å²) in [5, 5.41) is 0. The maximum absolute atomic E-state index is 5.74. The van der Waals surface area contributed by atoms with E-state index in [-0.39, 0.29) is 0 Å². The Morgan fingerprint density at radius 3 is 2.50 bits per heavy atom. The summed E-state index contributed by atoms with van der Waals surface area (Å²) in [4.78, 5) is 5.36. The largest absolute Gasteiger partial charge is 0.264 e. The van der Waals surface area contributed by atoms with E-state index in [1.165, 1.54) is 10.5 Å². The van der Waals surface area contributed by atoms with E-state index < -0.39 is 0 Å². The van der Waals surface area contributed by atoms with Gasteiger partial charge in [-0.1, -0.05) is 18.2 Å². The summed E-state index contributed by atoms with van der Waals surface area (Å²) in [6.07, 6.45) is 3.70. The Kier molecular flexibility index (Phi) is 4.25. The van der Waals surface area contributed by atoms with Crippen molar-refractivity contribution in [2.24, 2.45) is 0 Å². The number of alkyl halides is 1. The first kappa shape index (κ1) is 11.5. The molecule has 0 N–H and O–H groups in total. The van der Waals surface area contributed by atoms with Crippen molar-refractivity contribution in [1.82, 2.24) is 4.98 Å². The summed E-state index contributed by atoms with van der Waals surface area (Å²) in [7, 11) is 0. The van der Waals surface area contributed by atoms with Crippen LogP contribution >= 0.6 is 23.4 Å². The van der Waals surface area contributed by atoms with Gasteiger partial charge in [-0.2, -0.15) is 0 Å². The molecule has 2 rings (SSSR count).